The molecular weight excluding hydrogens is 1060 g/mol. The van der Waals surface area contributed by atoms with Gasteiger partial charge in [-0.3, -0.25) is 19.2 Å². The minimum absolute atomic E-state index is 0.118. The van der Waals surface area contributed by atoms with Crippen LogP contribution in [0.1, 0.15) is 92.2 Å². The summed E-state index contributed by atoms with van der Waals surface area (Å²) in [6, 6.07) is 21.9. The Bertz CT molecular complexity index is 2920. The van der Waals surface area contributed by atoms with E-state index >= 15 is 0 Å². The normalized spacial score (nSPS) is 18.7. The Morgan fingerprint density at radius 1 is 0.550 bits per heavy atom. The standard InChI is InChI=1S/2C28H33F3N4O5/c2*1-17-11-19(14-27(2,3)13-17)35-23-10-9-21(39-16-24(36)32-15-25(37)38-4)12-22(23)34-26(35)33-18-5-7-20(8-6-18)40-28(29,30)31/h2*5-10,12,17,19H,11,13-16H2,1-4H3,(H,32,36)(H,33,34)/t2*17-,19+/m10/s1. The van der Waals surface area contributed by atoms with Crippen molar-refractivity contribution >= 4 is 69.1 Å². The zero-order valence-electron chi connectivity index (χ0n) is 45.6. The van der Waals surface area contributed by atoms with Gasteiger partial charge in [-0.25, -0.2) is 9.97 Å². The molecule has 2 heterocycles. The number of anilines is 4. The number of carbonyl (C=O) groups is 4. The highest BCUT2D eigenvalue weighted by Gasteiger charge is 2.37. The molecule has 18 nitrogen and oxygen atoms in total. The first-order valence-electron chi connectivity index (χ1n) is 25.9. The highest BCUT2D eigenvalue weighted by atomic mass is 19.4. The first-order valence-corrected chi connectivity index (χ1v) is 25.9. The molecule has 0 bridgehead atoms. The molecule has 2 saturated carbocycles. The Hall–Kier alpha value is -7.92. The van der Waals surface area contributed by atoms with Gasteiger partial charge in [0.25, 0.3) is 11.8 Å². The highest BCUT2D eigenvalue weighted by molar-refractivity contribution is 5.85. The lowest BCUT2D eigenvalue weighted by Gasteiger charge is -2.40. The van der Waals surface area contributed by atoms with Crippen LogP contribution >= 0.6 is 0 Å². The molecule has 80 heavy (non-hydrogen) atoms. The molecule has 2 amide bonds. The molecule has 0 saturated heterocycles. The fourth-order valence-electron chi connectivity index (χ4n) is 10.9. The second-order valence-corrected chi connectivity index (χ2v) is 21.7. The zero-order chi connectivity index (χ0) is 58.2. The minimum atomic E-state index is -4.77. The van der Waals surface area contributed by atoms with E-state index in [2.05, 4.69) is 90.9 Å². The predicted octanol–water partition coefficient (Wildman–Crippen LogP) is 11.5. The predicted molar refractivity (Wildman–Crippen MR) is 285 cm³/mol. The number of amides is 2. The van der Waals surface area contributed by atoms with Gasteiger partial charge >= 0.3 is 24.7 Å². The maximum Gasteiger partial charge on any atom is 0.573 e. The van der Waals surface area contributed by atoms with E-state index in [0.717, 1.165) is 49.6 Å². The lowest BCUT2D eigenvalue weighted by Crippen LogP contribution is -2.33. The number of carbonyl (C=O) groups excluding carboxylic acids is 4. The van der Waals surface area contributed by atoms with Crippen LogP contribution in [0.25, 0.3) is 22.1 Å². The first-order chi connectivity index (χ1) is 37.6. The third kappa shape index (κ3) is 17.0. The molecule has 4 N–H and O–H groups in total. The monoisotopic (exact) mass is 1120 g/mol. The third-order valence-electron chi connectivity index (χ3n) is 13.5. The van der Waals surface area contributed by atoms with Crippen molar-refractivity contribution in [1.29, 1.82) is 0 Å². The van der Waals surface area contributed by atoms with Crippen LogP contribution < -0.4 is 40.2 Å². The van der Waals surface area contributed by atoms with Crippen molar-refractivity contribution in [2.75, 3.05) is 51.2 Å². The minimum Gasteiger partial charge on any atom is -0.484 e. The molecular formula is C56H66F6N8O10. The summed E-state index contributed by atoms with van der Waals surface area (Å²) in [5.41, 5.74) is 4.31. The molecule has 2 aromatic heterocycles. The number of hydrogen-bond donors (Lipinski definition) is 4. The molecule has 0 radical (unpaired) electrons. The Morgan fingerprint density at radius 3 is 1.23 bits per heavy atom. The Balaban J connectivity index is 0.000000231. The number of halogens is 6. The fraction of sp³-hybridized carbons (Fsp3) is 0.464. The van der Waals surface area contributed by atoms with Gasteiger partial charge in [-0.1, -0.05) is 41.5 Å². The van der Waals surface area contributed by atoms with Gasteiger partial charge in [0.15, 0.2) is 13.2 Å². The van der Waals surface area contributed by atoms with E-state index in [1.807, 2.05) is 12.1 Å². The van der Waals surface area contributed by atoms with E-state index < -0.39 is 36.5 Å². The first kappa shape index (κ1) is 59.7. The van der Waals surface area contributed by atoms with Crippen LogP contribution in [0.5, 0.6) is 23.0 Å². The summed E-state index contributed by atoms with van der Waals surface area (Å²) < 4.78 is 108. The Kier molecular flexibility index (Phi) is 18.7. The van der Waals surface area contributed by atoms with Crippen LogP contribution in [0.15, 0.2) is 84.9 Å². The summed E-state index contributed by atoms with van der Waals surface area (Å²) in [7, 11) is 2.46. The number of methoxy groups -OCH3 is 2. The molecule has 0 spiro atoms. The average molecular weight is 1130 g/mol. The lowest BCUT2D eigenvalue weighted by molar-refractivity contribution is -0.275. The molecule has 0 aliphatic heterocycles. The van der Waals surface area contributed by atoms with E-state index in [-0.39, 0.29) is 60.7 Å². The number of nitrogens with zero attached hydrogens (tertiary/aromatic N) is 4. The number of aromatic nitrogens is 4. The number of fused-ring (bicyclic) bond motifs is 2. The van der Waals surface area contributed by atoms with E-state index in [1.165, 1.54) is 62.8 Å². The summed E-state index contributed by atoms with van der Waals surface area (Å²) in [6.45, 7) is 12.4. The zero-order valence-corrected chi connectivity index (χ0v) is 45.6. The number of hydrogen-bond acceptors (Lipinski definition) is 14. The molecule has 6 aromatic rings. The van der Waals surface area contributed by atoms with Crippen LogP contribution in [-0.2, 0) is 28.7 Å². The third-order valence-corrected chi connectivity index (χ3v) is 13.5. The van der Waals surface area contributed by atoms with Gasteiger partial charge in [-0.15, -0.1) is 26.3 Å². The SMILES string of the molecule is COC(=O)CNC(=O)COc1ccc2c(c1)nc(Nc1ccc(OC(F)(F)F)cc1)n2[C@@H]1C[C@H](C)CC(C)(C)C1.COC(=O)CNC(=O)COc1ccc2c(c1)nc(Nc1ccc(OC(F)(F)F)cc1)n2[C@H]1C[C@@H](C)CC(C)(C)C1. The number of ether oxygens (including phenoxy) is 6. The van der Waals surface area contributed by atoms with Crippen molar-refractivity contribution in [2.24, 2.45) is 22.7 Å². The maximum absolute atomic E-state index is 12.6. The number of benzene rings is 4. The quantitative estimate of drug-likeness (QED) is 0.0467. The summed E-state index contributed by atoms with van der Waals surface area (Å²) in [4.78, 5) is 56.1. The number of rotatable bonds is 18. The Morgan fingerprint density at radius 2 is 0.900 bits per heavy atom. The van der Waals surface area contributed by atoms with E-state index in [4.69, 9.17) is 19.4 Å². The second-order valence-electron chi connectivity index (χ2n) is 21.7. The van der Waals surface area contributed by atoms with Crippen molar-refractivity contribution in [2.45, 2.75) is 105 Å². The molecule has 0 unspecified atom stereocenters. The smallest absolute Gasteiger partial charge is 0.484 e. The van der Waals surface area contributed by atoms with Gasteiger partial charge in [-0.05, 0) is 134 Å². The summed E-state index contributed by atoms with van der Waals surface area (Å²) in [6.07, 6.45) is -3.58. The van der Waals surface area contributed by atoms with Crippen LogP contribution in [0.3, 0.4) is 0 Å². The molecule has 4 aromatic carbocycles. The fourth-order valence-corrected chi connectivity index (χ4v) is 10.9. The van der Waals surface area contributed by atoms with E-state index in [0.29, 0.717) is 57.6 Å². The topological polar surface area (TPSA) is 207 Å². The van der Waals surface area contributed by atoms with Gasteiger partial charge in [0, 0.05) is 35.6 Å². The van der Waals surface area contributed by atoms with Gasteiger partial charge in [0.05, 0.1) is 36.3 Å². The van der Waals surface area contributed by atoms with Gasteiger partial charge in [0.2, 0.25) is 11.9 Å². The van der Waals surface area contributed by atoms with Crippen molar-refractivity contribution < 1.29 is 73.9 Å². The van der Waals surface area contributed by atoms with E-state index in [9.17, 15) is 45.5 Å². The van der Waals surface area contributed by atoms with Crippen molar-refractivity contribution in [3.63, 3.8) is 0 Å². The van der Waals surface area contributed by atoms with E-state index in [1.54, 1.807) is 24.3 Å². The summed E-state index contributed by atoms with van der Waals surface area (Å²) in [5, 5.41) is 11.3. The molecule has 2 fully saturated rings. The average Bonchev–Trinajstić information content (AvgIpc) is 3.95. The van der Waals surface area contributed by atoms with Crippen molar-refractivity contribution in [1.82, 2.24) is 29.7 Å². The second kappa shape index (κ2) is 25.0. The van der Waals surface area contributed by atoms with Gasteiger partial charge in [0.1, 0.15) is 36.1 Å². The van der Waals surface area contributed by atoms with Crippen LogP contribution in [0.4, 0.5) is 49.6 Å². The molecule has 432 valence electrons. The molecule has 24 heteroatoms. The number of alkyl halides is 6. The number of esters is 2. The number of imidazole rings is 2. The highest BCUT2D eigenvalue weighted by Crippen LogP contribution is 2.48. The van der Waals surface area contributed by atoms with Crippen LogP contribution in [0.2, 0.25) is 0 Å². The van der Waals surface area contributed by atoms with Crippen molar-refractivity contribution in [3.05, 3.63) is 84.9 Å². The molecule has 8 rings (SSSR count). The maximum atomic E-state index is 12.6. The lowest BCUT2D eigenvalue weighted by atomic mass is 9.70. The Labute approximate surface area is 458 Å². The van der Waals surface area contributed by atoms with Crippen molar-refractivity contribution in [3.8, 4) is 23.0 Å². The summed E-state index contributed by atoms with van der Waals surface area (Å²) >= 11 is 0. The van der Waals surface area contributed by atoms with Crippen LogP contribution in [0, 0.1) is 22.7 Å². The number of nitrogens with one attached hydrogen (secondary N) is 4. The molecule has 2 aliphatic rings. The van der Waals surface area contributed by atoms with Crippen LogP contribution in [-0.4, -0.2) is 96.1 Å². The molecule has 2 aliphatic carbocycles. The van der Waals surface area contributed by atoms with Gasteiger partial charge < -0.3 is 58.8 Å². The van der Waals surface area contributed by atoms with Gasteiger partial charge in [-0.2, -0.15) is 0 Å². The largest absolute Gasteiger partial charge is 0.573 e. The summed E-state index contributed by atoms with van der Waals surface area (Å²) in [5.74, 6) is 0.192. The molecule has 4 atom stereocenters.